The molecule has 1 aliphatic rings. The van der Waals surface area contributed by atoms with E-state index in [1.54, 1.807) is 6.08 Å². The molecule has 19 heavy (non-hydrogen) atoms. The second-order valence-corrected chi connectivity index (χ2v) is 4.60. The summed E-state index contributed by atoms with van der Waals surface area (Å²) in [6.45, 7) is 5.66. The number of unbranched alkanes of at least 4 members (excludes halogenated alkanes) is 4. The maximum absolute atomic E-state index is 9.55. The van der Waals surface area contributed by atoms with Gasteiger partial charge in [-0.05, 0) is 50.5 Å². The van der Waals surface area contributed by atoms with Gasteiger partial charge in [0, 0.05) is 0 Å². The lowest BCUT2D eigenvalue weighted by Gasteiger charge is -1.95. The summed E-state index contributed by atoms with van der Waals surface area (Å²) in [5.74, 6) is 10.9. The first-order valence-corrected chi connectivity index (χ1v) is 6.86. The van der Waals surface area contributed by atoms with Crippen LogP contribution in [0.4, 0.5) is 0 Å². The first-order chi connectivity index (χ1) is 9.24. The zero-order valence-electron chi connectivity index (χ0n) is 11.6. The van der Waals surface area contributed by atoms with E-state index in [1.165, 1.54) is 12.8 Å². The summed E-state index contributed by atoms with van der Waals surface area (Å²) >= 11 is 0. The molecule has 0 aromatic carbocycles. The van der Waals surface area contributed by atoms with E-state index in [9.17, 15) is 5.11 Å². The Morgan fingerprint density at radius 1 is 1.26 bits per heavy atom. The van der Waals surface area contributed by atoms with E-state index in [2.05, 4.69) is 30.3 Å². The van der Waals surface area contributed by atoms with Crippen molar-refractivity contribution in [3.8, 4) is 23.7 Å². The van der Waals surface area contributed by atoms with Gasteiger partial charge in [0.1, 0.15) is 12.2 Å². The largest absolute Gasteiger partial charge is 0.377 e. The number of aliphatic hydroxyl groups excluding tert-OH is 1. The molecule has 1 aliphatic heterocycles. The molecule has 3 unspecified atom stereocenters. The predicted octanol–water partition coefficient (Wildman–Crippen LogP) is 2.83. The number of rotatable bonds is 7. The molecule has 1 heterocycles. The van der Waals surface area contributed by atoms with Crippen molar-refractivity contribution < 1.29 is 9.84 Å². The van der Waals surface area contributed by atoms with Crippen LogP contribution in [0.2, 0.25) is 0 Å². The van der Waals surface area contributed by atoms with Crippen molar-refractivity contribution in [1.29, 1.82) is 0 Å². The van der Waals surface area contributed by atoms with Gasteiger partial charge < -0.3 is 9.84 Å². The summed E-state index contributed by atoms with van der Waals surface area (Å²) in [5.41, 5.74) is 0. The first kappa shape index (κ1) is 15.6. The number of allylic oxidation sites excluding steroid dienone is 2. The lowest BCUT2D eigenvalue weighted by molar-refractivity contribution is 0.280. The molecule has 2 heteroatoms. The monoisotopic (exact) mass is 258 g/mol. The summed E-state index contributed by atoms with van der Waals surface area (Å²) in [7, 11) is 0. The topological polar surface area (TPSA) is 32.8 Å². The maximum atomic E-state index is 9.55. The molecular formula is C17H22O2. The van der Waals surface area contributed by atoms with Crippen LogP contribution in [0.3, 0.4) is 0 Å². The first-order valence-electron chi connectivity index (χ1n) is 6.86. The van der Waals surface area contributed by atoms with Gasteiger partial charge in [0.2, 0.25) is 0 Å². The Bertz CT molecular complexity index is 414. The molecule has 0 aromatic heterocycles. The Labute approximate surface area is 116 Å². The highest BCUT2D eigenvalue weighted by Gasteiger charge is 2.31. The minimum Gasteiger partial charge on any atom is -0.377 e. The normalized spacial score (nSPS) is 22.0. The van der Waals surface area contributed by atoms with E-state index in [0.29, 0.717) is 0 Å². The van der Waals surface area contributed by atoms with Crippen molar-refractivity contribution in [2.45, 2.75) is 57.3 Å². The van der Waals surface area contributed by atoms with Gasteiger partial charge in [0.25, 0.3) is 0 Å². The second-order valence-electron chi connectivity index (χ2n) is 4.60. The molecule has 0 amide bonds. The third kappa shape index (κ3) is 8.27. The maximum Gasteiger partial charge on any atom is 0.145 e. The SMILES string of the molecule is C=CCCCCC/C=C\C(O)C#CC#CC1OC1C. The van der Waals surface area contributed by atoms with Gasteiger partial charge in [0.15, 0.2) is 0 Å². The molecule has 0 saturated carbocycles. The molecular weight excluding hydrogens is 236 g/mol. The van der Waals surface area contributed by atoms with Gasteiger partial charge in [0.05, 0.1) is 6.10 Å². The van der Waals surface area contributed by atoms with E-state index in [0.717, 1.165) is 19.3 Å². The fourth-order valence-corrected chi connectivity index (χ4v) is 1.56. The minimum absolute atomic E-state index is 0.0394. The summed E-state index contributed by atoms with van der Waals surface area (Å²) in [6.07, 6.45) is 10.8. The summed E-state index contributed by atoms with van der Waals surface area (Å²) < 4.78 is 5.12. The molecule has 102 valence electrons. The Balaban J connectivity index is 2.08. The van der Waals surface area contributed by atoms with Crippen molar-refractivity contribution in [3.05, 3.63) is 24.8 Å². The fourth-order valence-electron chi connectivity index (χ4n) is 1.56. The fraction of sp³-hybridized carbons (Fsp3) is 0.529. The molecule has 1 N–H and O–H groups in total. The van der Waals surface area contributed by atoms with E-state index < -0.39 is 6.10 Å². The average Bonchev–Trinajstić information content (AvgIpc) is 3.09. The van der Waals surface area contributed by atoms with Crippen LogP contribution in [0.1, 0.15) is 39.0 Å². The highest BCUT2D eigenvalue weighted by Crippen LogP contribution is 2.18. The van der Waals surface area contributed by atoms with Crippen LogP contribution >= 0.6 is 0 Å². The van der Waals surface area contributed by atoms with Crippen LogP contribution in [-0.2, 0) is 4.74 Å². The van der Waals surface area contributed by atoms with Crippen molar-refractivity contribution in [2.75, 3.05) is 0 Å². The number of epoxide rings is 1. The molecule has 0 radical (unpaired) electrons. The Kier molecular flexibility index (Phi) is 7.75. The Morgan fingerprint density at radius 3 is 2.68 bits per heavy atom. The van der Waals surface area contributed by atoms with Crippen molar-refractivity contribution >= 4 is 0 Å². The van der Waals surface area contributed by atoms with Crippen LogP contribution < -0.4 is 0 Å². The minimum atomic E-state index is -0.722. The van der Waals surface area contributed by atoms with Crippen LogP contribution in [-0.4, -0.2) is 23.4 Å². The molecule has 0 spiro atoms. The van der Waals surface area contributed by atoms with Gasteiger partial charge >= 0.3 is 0 Å². The third-order valence-electron chi connectivity index (χ3n) is 2.81. The third-order valence-corrected chi connectivity index (χ3v) is 2.81. The lowest BCUT2D eigenvalue weighted by Crippen LogP contribution is -1.96. The predicted molar refractivity (Wildman–Crippen MR) is 78.3 cm³/mol. The van der Waals surface area contributed by atoms with Crippen LogP contribution in [0, 0.1) is 23.7 Å². The van der Waals surface area contributed by atoms with Crippen molar-refractivity contribution in [1.82, 2.24) is 0 Å². The number of hydrogen-bond donors (Lipinski definition) is 1. The lowest BCUT2D eigenvalue weighted by atomic mass is 10.1. The molecule has 0 aliphatic carbocycles. The number of hydrogen-bond acceptors (Lipinski definition) is 2. The quantitative estimate of drug-likeness (QED) is 0.330. The summed E-state index contributed by atoms with van der Waals surface area (Å²) in [5, 5.41) is 9.55. The van der Waals surface area contributed by atoms with Crippen LogP contribution in [0.25, 0.3) is 0 Å². The van der Waals surface area contributed by atoms with E-state index in [1.807, 2.05) is 19.1 Å². The molecule has 1 saturated heterocycles. The zero-order valence-corrected chi connectivity index (χ0v) is 11.6. The van der Waals surface area contributed by atoms with Gasteiger partial charge in [-0.2, -0.15) is 0 Å². The molecule has 1 fully saturated rings. The number of ether oxygens (including phenoxy) is 1. The van der Waals surface area contributed by atoms with Gasteiger partial charge in [-0.3, -0.25) is 0 Å². The molecule has 1 rings (SSSR count). The van der Waals surface area contributed by atoms with E-state index >= 15 is 0 Å². The van der Waals surface area contributed by atoms with Gasteiger partial charge in [-0.15, -0.1) is 6.58 Å². The number of aliphatic hydroxyl groups is 1. The molecule has 0 aromatic rings. The smallest absolute Gasteiger partial charge is 0.145 e. The Morgan fingerprint density at radius 2 is 2.00 bits per heavy atom. The highest BCUT2D eigenvalue weighted by atomic mass is 16.6. The van der Waals surface area contributed by atoms with Crippen molar-refractivity contribution in [2.24, 2.45) is 0 Å². The summed E-state index contributed by atoms with van der Waals surface area (Å²) in [6, 6.07) is 0. The molecule has 3 atom stereocenters. The molecule has 2 nitrogen and oxygen atoms in total. The average molecular weight is 258 g/mol. The van der Waals surface area contributed by atoms with Gasteiger partial charge in [-0.25, -0.2) is 0 Å². The van der Waals surface area contributed by atoms with Crippen molar-refractivity contribution in [3.63, 3.8) is 0 Å². The van der Waals surface area contributed by atoms with Crippen LogP contribution in [0.15, 0.2) is 24.8 Å². The van der Waals surface area contributed by atoms with E-state index in [4.69, 9.17) is 4.74 Å². The van der Waals surface area contributed by atoms with Crippen LogP contribution in [0.5, 0.6) is 0 Å². The zero-order chi connectivity index (χ0) is 13.9. The summed E-state index contributed by atoms with van der Waals surface area (Å²) in [4.78, 5) is 0. The van der Waals surface area contributed by atoms with Gasteiger partial charge in [-0.1, -0.05) is 30.4 Å². The standard InChI is InChI=1S/C17H22O2/c1-3-4-5-6-7-8-9-12-16(18)13-10-11-14-17-15(2)19-17/h3,9,12,15-18H,1,4-8H2,2H3/b12-9-. The second kappa shape index (κ2) is 9.45. The highest BCUT2D eigenvalue weighted by molar-refractivity contribution is 5.31. The van der Waals surface area contributed by atoms with E-state index in [-0.39, 0.29) is 12.2 Å². The molecule has 0 bridgehead atoms. The Hall–Kier alpha value is -1.48.